The number of nitrogen functional groups attached to an aromatic ring is 1. The van der Waals surface area contributed by atoms with Gasteiger partial charge in [-0.1, -0.05) is 18.2 Å². The number of nitrogens with two attached hydrogens (primary N) is 1. The Bertz CT molecular complexity index is 602. The second-order valence-electron chi connectivity index (χ2n) is 3.86. The van der Waals surface area contributed by atoms with Gasteiger partial charge >= 0.3 is 0 Å². The fourth-order valence-electron chi connectivity index (χ4n) is 1.66. The minimum atomic E-state index is -0.270. The Morgan fingerprint density at radius 3 is 2.72 bits per heavy atom. The van der Waals surface area contributed by atoms with Crippen molar-refractivity contribution in [3.63, 3.8) is 0 Å². The molecular formula is C14H12FN3. The Morgan fingerprint density at radius 2 is 2.00 bits per heavy atom. The molecule has 2 rings (SSSR count). The predicted octanol–water partition coefficient (Wildman–Crippen LogP) is 2.89. The van der Waals surface area contributed by atoms with Gasteiger partial charge in [-0.15, -0.1) is 0 Å². The molecule has 0 unspecified atom stereocenters. The lowest BCUT2D eigenvalue weighted by Gasteiger charge is -2.10. The van der Waals surface area contributed by atoms with Gasteiger partial charge in [0, 0.05) is 6.54 Å². The van der Waals surface area contributed by atoms with Gasteiger partial charge in [-0.3, -0.25) is 0 Å². The van der Waals surface area contributed by atoms with Crippen molar-refractivity contribution < 1.29 is 4.39 Å². The summed E-state index contributed by atoms with van der Waals surface area (Å²) in [6.45, 7) is 0.455. The third kappa shape index (κ3) is 2.58. The molecule has 3 nitrogen and oxygen atoms in total. The summed E-state index contributed by atoms with van der Waals surface area (Å²) in [5.41, 5.74) is 8.17. The number of nitrogens with zero attached hydrogens (tertiary/aromatic N) is 1. The van der Waals surface area contributed by atoms with E-state index in [4.69, 9.17) is 11.0 Å². The number of hydrogen-bond acceptors (Lipinski definition) is 3. The van der Waals surface area contributed by atoms with Crippen LogP contribution in [0.25, 0.3) is 0 Å². The molecule has 2 aromatic carbocycles. The Kier molecular flexibility index (Phi) is 3.44. The van der Waals surface area contributed by atoms with Crippen LogP contribution in [0.1, 0.15) is 11.1 Å². The maximum absolute atomic E-state index is 13.0. The summed E-state index contributed by atoms with van der Waals surface area (Å²) in [5.74, 6) is -0.270. The third-order valence-electron chi connectivity index (χ3n) is 2.60. The van der Waals surface area contributed by atoms with Crippen molar-refractivity contribution in [3.8, 4) is 6.07 Å². The SMILES string of the molecule is N#Cc1cccc(NCc2cccc(F)c2)c1N. The number of benzene rings is 2. The highest BCUT2D eigenvalue weighted by molar-refractivity contribution is 5.72. The number of hydrogen-bond donors (Lipinski definition) is 2. The Hall–Kier alpha value is -2.54. The topological polar surface area (TPSA) is 61.8 Å². The number of halogens is 1. The van der Waals surface area contributed by atoms with Gasteiger partial charge in [0.2, 0.25) is 0 Å². The van der Waals surface area contributed by atoms with E-state index in [9.17, 15) is 4.39 Å². The van der Waals surface area contributed by atoms with Gasteiger partial charge in [0.15, 0.2) is 0 Å². The Balaban J connectivity index is 2.14. The largest absolute Gasteiger partial charge is 0.396 e. The van der Waals surface area contributed by atoms with E-state index in [-0.39, 0.29) is 5.82 Å². The van der Waals surface area contributed by atoms with Crippen molar-refractivity contribution in [1.82, 2.24) is 0 Å². The lowest BCUT2D eigenvalue weighted by atomic mass is 10.1. The smallest absolute Gasteiger partial charge is 0.123 e. The number of nitriles is 1. The van der Waals surface area contributed by atoms with E-state index in [0.717, 1.165) is 5.56 Å². The molecule has 0 saturated heterocycles. The van der Waals surface area contributed by atoms with Crippen LogP contribution in [0.3, 0.4) is 0 Å². The molecule has 0 saturated carbocycles. The maximum atomic E-state index is 13.0. The molecule has 0 fully saturated rings. The van der Waals surface area contributed by atoms with Crippen LogP contribution in [-0.2, 0) is 6.54 Å². The first-order chi connectivity index (χ1) is 8.70. The first-order valence-electron chi connectivity index (χ1n) is 5.47. The van der Waals surface area contributed by atoms with Gasteiger partial charge in [-0.2, -0.15) is 5.26 Å². The fraction of sp³-hybridized carbons (Fsp3) is 0.0714. The molecule has 4 heteroatoms. The summed E-state index contributed by atoms with van der Waals surface area (Å²) in [4.78, 5) is 0. The first kappa shape index (κ1) is 11.9. The van der Waals surface area contributed by atoms with Crippen molar-refractivity contribution in [2.24, 2.45) is 0 Å². The molecule has 0 aliphatic carbocycles. The van der Waals surface area contributed by atoms with Crippen molar-refractivity contribution in [2.75, 3.05) is 11.1 Å². The standard InChI is InChI=1S/C14H12FN3/c15-12-5-1-3-10(7-12)9-18-13-6-2-4-11(8-16)14(13)17/h1-7,18H,9,17H2. The maximum Gasteiger partial charge on any atom is 0.123 e. The van der Waals surface area contributed by atoms with Crippen molar-refractivity contribution in [1.29, 1.82) is 5.26 Å². The van der Waals surface area contributed by atoms with Crippen molar-refractivity contribution >= 4 is 11.4 Å². The predicted molar refractivity (Wildman–Crippen MR) is 69.3 cm³/mol. The molecule has 90 valence electrons. The molecule has 0 aliphatic rings. The lowest BCUT2D eigenvalue weighted by molar-refractivity contribution is 0.626. The van der Waals surface area contributed by atoms with E-state index in [1.807, 2.05) is 12.1 Å². The second-order valence-corrected chi connectivity index (χ2v) is 3.86. The van der Waals surface area contributed by atoms with Crippen molar-refractivity contribution in [3.05, 3.63) is 59.4 Å². The minimum Gasteiger partial charge on any atom is -0.396 e. The van der Waals surface area contributed by atoms with E-state index in [0.29, 0.717) is 23.5 Å². The monoisotopic (exact) mass is 241 g/mol. The van der Waals surface area contributed by atoms with E-state index in [2.05, 4.69) is 5.32 Å². The first-order valence-corrected chi connectivity index (χ1v) is 5.47. The van der Waals surface area contributed by atoms with Crippen molar-refractivity contribution in [2.45, 2.75) is 6.54 Å². The van der Waals surface area contributed by atoms with Gasteiger partial charge in [-0.25, -0.2) is 4.39 Å². The summed E-state index contributed by atoms with van der Waals surface area (Å²) in [5, 5.41) is 11.9. The molecular weight excluding hydrogens is 229 g/mol. The summed E-state index contributed by atoms with van der Waals surface area (Å²) < 4.78 is 13.0. The number of rotatable bonds is 3. The molecule has 0 radical (unpaired) electrons. The Labute approximate surface area is 105 Å². The van der Waals surface area contributed by atoms with Gasteiger partial charge < -0.3 is 11.1 Å². The van der Waals surface area contributed by atoms with Crippen LogP contribution in [0.15, 0.2) is 42.5 Å². The highest BCUT2D eigenvalue weighted by atomic mass is 19.1. The average Bonchev–Trinajstić information content (AvgIpc) is 2.38. The zero-order chi connectivity index (χ0) is 13.0. The van der Waals surface area contributed by atoms with Crippen LogP contribution in [0.2, 0.25) is 0 Å². The summed E-state index contributed by atoms with van der Waals surface area (Å²) in [7, 11) is 0. The van der Waals surface area contributed by atoms with Crippen LogP contribution in [-0.4, -0.2) is 0 Å². The zero-order valence-corrected chi connectivity index (χ0v) is 9.65. The summed E-state index contributed by atoms with van der Waals surface area (Å²) >= 11 is 0. The van der Waals surface area contributed by atoms with Crippen LogP contribution < -0.4 is 11.1 Å². The molecule has 0 spiro atoms. The normalized spacial score (nSPS) is 9.78. The highest BCUT2D eigenvalue weighted by Gasteiger charge is 2.03. The molecule has 18 heavy (non-hydrogen) atoms. The molecule has 0 aliphatic heterocycles. The number of para-hydroxylation sites is 1. The highest BCUT2D eigenvalue weighted by Crippen LogP contribution is 2.22. The summed E-state index contributed by atoms with van der Waals surface area (Å²) in [6.07, 6.45) is 0. The van der Waals surface area contributed by atoms with Crippen LogP contribution >= 0.6 is 0 Å². The van der Waals surface area contributed by atoms with Crippen LogP contribution in [0, 0.1) is 17.1 Å². The number of nitrogens with one attached hydrogen (secondary N) is 1. The summed E-state index contributed by atoms with van der Waals surface area (Å²) in [6, 6.07) is 13.5. The van der Waals surface area contributed by atoms with Gasteiger partial charge in [-0.05, 0) is 29.8 Å². The Morgan fingerprint density at radius 1 is 1.22 bits per heavy atom. The van der Waals surface area contributed by atoms with E-state index >= 15 is 0 Å². The van der Waals surface area contributed by atoms with E-state index in [1.165, 1.54) is 12.1 Å². The fourth-order valence-corrected chi connectivity index (χ4v) is 1.66. The van der Waals surface area contributed by atoms with Gasteiger partial charge in [0.05, 0.1) is 16.9 Å². The lowest BCUT2D eigenvalue weighted by Crippen LogP contribution is -2.03. The molecule has 0 bridgehead atoms. The molecule has 2 aromatic rings. The third-order valence-corrected chi connectivity index (χ3v) is 2.60. The zero-order valence-electron chi connectivity index (χ0n) is 9.65. The van der Waals surface area contributed by atoms with Gasteiger partial charge in [0.25, 0.3) is 0 Å². The average molecular weight is 241 g/mol. The van der Waals surface area contributed by atoms with E-state index < -0.39 is 0 Å². The molecule has 0 atom stereocenters. The molecule has 0 aromatic heterocycles. The molecule has 0 heterocycles. The van der Waals surface area contributed by atoms with Crippen LogP contribution in [0.4, 0.5) is 15.8 Å². The van der Waals surface area contributed by atoms with E-state index in [1.54, 1.807) is 24.3 Å². The number of anilines is 2. The van der Waals surface area contributed by atoms with Crippen LogP contribution in [0.5, 0.6) is 0 Å². The molecule has 3 N–H and O–H groups in total. The second kappa shape index (κ2) is 5.19. The molecule has 0 amide bonds. The minimum absolute atomic E-state index is 0.270. The van der Waals surface area contributed by atoms with Gasteiger partial charge in [0.1, 0.15) is 11.9 Å². The quantitative estimate of drug-likeness (QED) is 0.812.